The molecule has 1 radical (unpaired) electrons. The molecule has 243 valence electrons. The minimum absolute atomic E-state index is 0. The number of rotatable bonds is 4. The Labute approximate surface area is 305 Å². The summed E-state index contributed by atoms with van der Waals surface area (Å²) in [6, 6.07) is 56.5. The maximum absolute atomic E-state index is 6.07. The maximum atomic E-state index is 6.07. The van der Waals surface area contributed by atoms with Crippen LogP contribution in [0.3, 0.4) is 0 Å². The van der Waals surface area contributed by atoms with Gasteiger partial charge in [-0.25, -0.2) is 0 Å². The number of hydrogen-bond acceptors (Lipinski definition) is 3. The van der Waals surface area contributed by atoms with Crippen molar-refractivity contribution in [2.24, 2.45) is 0 Å². The van der Waals surface area contributed by atoms with Crippen LogP contribution in [0.4, 0.5) is 0 Å². The SMILES string of the molecule is Cc1c[c-]c(-c2cc(-c3ccccc3)c(C)cn2)cc1.[Ir].[c-]1ccc(-c2cccc3c2ccc2oc4ccccc4c23)cc1-c1ccccn1. The number of hydrogen-bond donors (Lipinski definition) is 0. The standard InChI is InChI=1S/C27H16NO.C19H16N.Ir/c1-2-13-25-23(9-1)27-22-11-6-10-20(21(22)14-15-26(27)29-25)18-7-5-8-19(17-18)24-12-3-4-16-28-24;1-14-8-10-17(11-9-14)19-12-18(15(2)13-20-19)16-6-4-3-5-7-16;/h1-7,9-17H;3-10,12-13H,1-2H3;/q2*-1;. The van der Waals surface area contributed by atoms with Gasteiger partial charge in [-0.1, -0.05) is 97.9 Å². The minimum Gasteiger partial charge on any atom is -0.456 e. The van der Waals surface area contributed by atoms with Crippen LogP contribution in [0.1, 0.15) is 11.1 Å². The first-order chi connectivity index (χ1) is 24.1. The van der Waals surface area contributed by atoms with Crippen molar-refractivity contribution in [1.82, 2.24) is 9.97 Å². The summed E-state index contributed by atoms with van der Waals surface area (Å²) in [6.07, 6.45) is 3.75. The molecular formula is C46H32IrN2O-2. The first kappa shape index (κ1) is 32.9. The predicted octanol–water partition coefficient (Wildman–Crippen LogP) is 12.1. The molecule has 3 nitrogen and oxygen atoms in total. The fourth-order valence-electron chi connectivity index (χ4n) is 6.40. The van der Waals surface area contributed by atoms with Gasteiger partial charge in [0.1, 0.15) is 11.2 Å². The van der Waals surface area contributed by atoms with Gasteiger partial charge >= 0.3 is 0 Å². The second-order valence-corrected chi connectivity index (χ2v) is 12.2. The molecule has 0 amide bonds. The maximum Gasteiger partial charge on any atom is 0.136 e. The quantitative estimate of drug-likeness (QED) is 0.166. The molecule has 0 aliphatic carbocycles. The number of aryl methyl sites for hydroxylation is 2. The zero-order chi connectivity index (χ0) is 33.2. The second kappa shape index (κ2) is 14.4. The van der Waals surface area contributed by atoms with Crippen LogP contribution in [0.2, 0.25) is 0 Å². The first-order valence-corrected chi connectivity index (χ1v) is 16.4. The molecule has 3 heterocycles. The van der Waals surface area contributed by atoms with Crippen molar-refractivity contribution in [3.63, 3.8) is 0 Å². The molecule has 50 heavy (non-hydrogen) atoms. The number of benzene rings is 6. The summed E-state index contributed by atoms with van der Waals surface area (Å²) in [5.41, 5.74) is 13.0. The van der Waals surface area contributed by atoms with E-state index in [1.807, 2.05) is 60.9 Å². The van der Waals surface area contributed by atoms with Crippen molar-refractivity contribution in [2.75, 3.05) is 0 Å². The molecule has 3 aromatic heterocycles. The van der Waals surface area contributed by atoms with Crippen LogP contribution < -0.4 is 0 Å². The van der Waals surface area contributed by atoms with E-state index in [1.54, 1.807) is 0 Å². The average molecular weight is 821 g/mol. The Morgan fingerprint density at radius 3 is 2.18 bits per heavy atom. The number of furan rings is 1. The zero-order valence-corrected chi connectivity index (χ0v) is 30.0. The molecule has 0 unspecified atom stereocenters. The van der Waals surface area contributed by atoms with Crippen molar-refractivity contribution in [3.8, 4) is 44.8 Å². The van der Waals surface area contributed by atoms with Gasteiger partial charge in [-0.2, -0.15) is 0 Å². The van der Waals surface area contributed by atoms with E-state index in [0.717, 1.165) is 44.6 Å². The van der Waals surface area contributed by atoms with Gasteiger partial charge < -0.3 is 14.4 Å². The first-order valence-electron chi connectivity index (χ1n) is 16.4. The van der Waals surface area contributed by atoms with Crippen LogP contribution in [-0.2, 0) is 20.1 Å². The van der Waals surface area contributed by atoms with Crippen LogP contribution in [-0.4, -0.2) is 9.97 Å². The van der Waals surface area contributed by atoms with Gasteiger partial charge in [0.15, 0.2) is 0 Å². The molecular weight excluding hydrogens is 789 g/mol. The summed E-state index contributed by atoms with van der Waals surface area (Å²) in [5, 5.41) is 4.75. The van der Waals surface area contributed by atoms with E-state index in [-0.39, 0.29) is 20.1 Å². The molecule has 0 spiro atoms. The van der Waals surface area contributed by atoms with E-state index in [1.165, 1.54) is 44.0 Å². The van der Waals surface area contributed by atoms with E-state index < -0.39 is 0 Å². The van der Waals surface area contributed by atoms with Gasteiger partial charge in [0.25, 0.3) is 0 Å². The Balaban J connectivity index is 0.000000165. The Kier molecular flexibility index (Phi) is 9.49. The summed E-state index contributed by atoms with van der Waals surface area (Å²) in [7, 11) is 0. The topological polar surface area (TPSA) is 38.9 Å². The summed E-state index contributed by atoms with van der Waals surface area (Å²) in [4.78, 5) is 9.00. The molecule has 9 aromatic rings. The van der Waals surface area contributed by atoms with E-state index >= 15 is 0 Å². The van der Waals surface area contributed by atoms with Crippen molar-refractivity contribution in [2.45, 2.75) is 13.8 Å². The molecule has 0 N–H and O–H groups in total. The third-order valence-electron chi connectivity index (χ3n) is 8.89. The Morgan fingerprint density at radius 2 is 1.36 bits per heavy atom. The van der Waals surface area contributed by atoms with Crippen LogP contribution in [0.25, 0.3) is 77.5 Å². The Hall–Kier alpha value is -5.67. The fourth-order valence-corrected chi connectivity index (χ4v) is 6.40. The van der Waals surface area contributed by atoms with Crippen molar-refractivity contribution in [3.05, 3.63) is 181 Å². The minimum atomic E-state index is 0. The number of pyridine rings is 2. The number of aromatic nitrogens is 2. The van der Waals surface area contributed by atoms with E-state index in [0.29, 0.717) is 0 Å². The molecule has 9 rings (SSSR count). The van der Waals surface area contributed by atoms with Crippen LogP contribution in [0.15, 0.2) is 162 Å². The largest absolute Gasteiger partial charge is 0.456 e. The summed E-state index contributed by atoms with van der Waals surface area (Å²) >= 11 is 0. The van der Waals surface area contributed by atoms with Crippen LogP contribution in [0.5, 0.6) is 0 Å². The van der Waals surface area contributed by atoms with Crippen LogP contribution >= 0.6 is 0 Å². The second-order valence-electron chi connectivity index (χ2n) is 12.2. The van der Waals surface area contributed by atoms with Gasteiger partial charge in [0, 0.05) is 43.3 Å². The van der Waals surface area contributed by atoms with E-state index in [4.69, 9.17) is 4.42 Å². The third kappa shape index (κ3) is 6.52. The number of fused-ring (bicyclic) bond motifs is 5. The summed E-state index contributed by atoms with van der Waals surface area (Å²) in [5.74, 6) is 0. The molecule has 0 atom stereocenters. The van der Waals surface area contributed by atoms with Crippen molar-refractivity contribution >= 4 is 32.7 Å². The summed E-state index contributed by atoms with van der Waals surface area (Å²) < 4.78 is 6.07. The molecule has 0 aliphatic rings. The molecule has 4 heteroatoms. The van der Waals surface area contributed by atoms with Gasteiger partial charge in [0.2, 0.25) is 0 Å². The van der Waals surface area contributed by atoms with Crippen molar-refractivity contribution < 1.29 is 24.5 Å². The van der Waals surface area contributed by atoms with Gasteiger partial charge in [-0.05, 0) is 69.5 Å². The average Bonchev–Trinajstić information content (AvgIpc) is 3.56. The van der Waals surface area contributed by atoms with E-state index in [2.05, 4.69) is 133 Å². The molecule has 0 fully saturated rings. The molecule has 0 saturated carbocycles. The van der Waals surface area contributed by atoms with Gasteiger partial charge in [-0.3, -0.25) is 0 Å². The summed E-state index contributed by atoms with van der Waals surface area (Å²) in [6.45, 7) is 4.16. The predicted molar refractivity (Wildman–Crippen MR) is 202 cm³/mol. The fraction of sp³-hybridized carbons (Fsp3) is 0.0435. The number of nitrogens with zero attached hydrogens (tertiary/aromatic N) is 2. The van der Waals surface area contributed by atoms with Crippen molar-refractivity contribution in [1.29, 1.82) is 0 Å². The smallest absolute Gasteiger partial charge is 0.136 e. The van der Waals surface area contributed by atoms with Gasteiger partial charge in [-0.15, -0.1) is 70.8 Å². The monoisotopic (exact) mass is 821 g/mol. The van der Waals surface area contributed by atoms with E-state index in [9.17, 15) is 0 Å². The Bertz CT molecular complexity index is 2560. The third-order valence-corrected chi connectivity index (χ3v) is 8.89. The normalized spacial score (nSPS) is 10.8. The van der Waals surface area contributed by atoms with Crippen LogP contribution in [0, 0.1) is 26.0 Å². The number of para-hydroxylation sites is 1. The molecule has 6 aromatic carbocycles. The van der Waals surface area contributed by atoms with Gasteiger partial charge in [0.05, 0.1) is 0 Å². The molecule has 0 aliphatic heterocycles. The molecule has 0 saturated heterocycles. The Morgan fingerprint density at radius 1 is 0.540 bits per heavy atom. The molecule has 0 bridgehead atoms. The zero-order valence-electron chi connectivity index (χ0n) is 27.6.